The van der Waals surface area contributed by atoms with Crippen LogP contribution in [0.2, 0.25) is 10.0 Å². The highest BCUT2D eigenvalue weighted by atomic mass is 35.5. The fourth-order valence-corrected chi connectivity index (χ4v) is 6.93. The number of aromatic nitrogens is 1. The Morgan fingerprint density at radius 1 is 0.960 bits per heavy atom. The van der Waals surface area contributed by atoms with Crippen LogP contribution in [0, 0.1) is 5.92 Å². The van der Waals surface area contributed by atoms with Crippen LogP contribution >= 0.6 is 23.2 Å². The number of methoxy groups -OCH3 is 2. The molecule has 2 heterocycles. The zero-order chi connectivity index (χ0) is 35.8. The van der Waals surface area contributed by atoms with Crippen LogP contribution in [-0.4, -0.2) is 63.0 Å². The van der Waals surface area contributed by atoms with Gasteiger partial charge in [-0.2, -0.15) is 0 Å². The summed E-state index contributed by atoms with van der Waals surface area (Å²) in [6, 6.07) is 18.9. The number of aromatic carboxylic acids is 1. The number of pyridine rings is 1. The molecule has 0 bridgehead atoms. The summed E-state index contributed by atoms with van der Waals surface area (Å²) in [5.74, 6) is -1.08. The van der Waals surface area contributed by atoms with Crippen LogP contribution in [0.15, 0.2) is 79.1 Å². The maximum Gasteiger partial charge on any atom is 0.327 e. The molecule has 2 atom stereocenters. The molecule has 1 aliphatic heterocycles. The Morgan fingerprint density at radius 3 is 2.28 bits per heavy atom. The molecule has 1 aromatic heterocycles. The van der Waals surface area contributed by atoms with Gasteiger partial charge in [-0.3, -0.25) is 10.5 Å². The lowest BCUT2D eigenvalue weighted by Gasteiger charge is -2.29. The second kappa shape index (κ2) is 17.0. The Labute approximate surface area is 302 Å². The topological polar surface area (TPSA) is 124 Å². The van der Waals surface area contributed by atoms with Gasteiger partial charge in [0.25, 0.3) is 0 Å². The number of carboxylic acid groups (broad SMARTS) is 1. The number of ether oxygens (including phenoxy) is 3. The van der Waals surface area contributed by atoms with E-state index in [4.69, 9.17) is 37.4 Å². The number of benzene rings is 3. The lowest BCUT2D eigenvalue weighted by molar-refractivity contribution is -0.904. The molecule has 4 aromatic rings. The van der Waals surface area contributed by atoms with Gasteiger partial charge in [0.2, 0.25) is 12.4 Å². The van der Waals surface area contributed by atoms with Crippen molar-refractivity contribution in [1.29, 1.82) is 0 Å². The van der Waals surface area contributed by atoms with Crippen molar-refractivity contribution in [2.75, 3.05) is 41.0 Å². The highest BCUT2D eigenvalue weighted by Crippen LogP contribution is 2.39. The first-order valence-corrected chi connectivity index (χ1v) is 17.1. The molecule has 1 unspecified atom stereocenters. The monoisotopic (exact) mass is 721 g/mol. The minimum atomic E-state index is -1.36. The fraction of sp³-hybridized carbons (Fsp3) is 0.342. The van der Waals surface area contributed by atoms with Crippen LogP contribution in [0.25, 0.3) is 0 Å². The number of hydrogen-bond acceptors (Lipinski definition) is 9. The minimum absolute atomic E-state index is 0.0221. The van der Waals surface area contributed by atoms with Crippen LogP contribution in [0.5, 0.6) is 11.5 Å². The van der Waals surface area contributed by atoms with E-state index in [9.17, 15) is 19.9 Å². The van der Waals surface area contributed by atoms with E-state index in [1.807, 2.05) is 36.4 Å². The molecule has 3 aromatic carbocycles. The van der Waals surface area contributed by atoms with Gasteiger partial charge in [-0.25, -0.2) is 4.79 Å². The van der Waals surface area contributed by atoms with E-state index in [2.05, 4.69) is 17.3 Å². The van der Waals surface area contributed by atoms with Crippen LogP contribution in [0.3, 0.4) is 0 Å². The predicted octanol–water partition coefficient (Wildman–Crippen LogP) is 4.99. The third kappa shape index (κ3) is 9.05. The van der Waals surface area contributed by atoms with E-state index in [1.165, 1.54) is 32.7 Å². The molecule has 0 saturated carbocycles. The average molecular weight is 723 g/mol. The van der Waals surface area contributed by atoms with Gasteiger partial charge in [0.05, 0.1) is 26.8 Å². The molecule has 1 saturated heterocycles. The second-order valence-electron chi connectivity index (χ2n) is 12.5. The normalized spacial score (nSPS) is 14.9. The maximum atomic E-state index is 13.5. The highest BCUT2D eigenvalue weighted by molar-refractivity contribution is 6.35. The number of likely N-dealkylation sites (tertiary alicyclic amines) is 1. The van der Waals surface area contributed by atoms with Gasteiger partial charge in [-0.05, 0) is 79.7 Å². The molecule has 1 aliphatic rings. The number of carbonyl (C=O) groups excluding carboxylic acids is 2. The first kappa shape index (κ1) is 36.9. The van der Waals surface area contributed by atoms with Crippen LogP contribution in [0.4, 0.5) is 0 Å². The Bertz CT molecular complexity index is 1780. The minimum Gasteiger partial charge on any atom is -0.545 e. The van der Waals surface area contributed by atoms with Gasteiger partial charge < -0.3 is 29.0 Å². The van der Waals surface area contributed by atoms with Crippen LogP contribution in [0.1, 0.15) is 63.0 Å². The number of piperidine rings is 1. The van der Waals surface area contributed by atoms with Crippen molar-refractivity contribution in [1.82, 2.24) is 10.2 Å². The van der Waals surface area contributed by atoms with Crippen molar-refractivity contribution in [3.63, 3.8) is 0 Å². The molecule has 1 fully saturated rings. The van der Waals surface area contributed by atoms with Crippen molar-refractivity contribution in [3.8, 4) is 11.5 Å². The molecular weight excluding hydrogens is 681 g/mol. The first-order valence-electron chi connectivity index (χ1n) is 16.4. The zero-order valence-corrected chi connectivity index (χ0v) is 29.7. The highest BCUT2D eigenvalue weighted by Gasteiger charge is 2.27. The average Bonchev–Trinajstić information content (AvgIpc) is 3.11. The summed E-state index contributed by atoms with van der Waals surface area (Å²) in [6.07, 6.45) is 4.73. The van der Waals surface area contributed by atoms with Crippen LogP contribution < -0.4 is 24.6 Å². The summed E-state index contributed by atoms with van der Waals surface area (Å²) >= 11 is 13.1. The third-order valence-electron chi connectivity index (χ3n) is 9.18. The number of carboxylic acids is 1. The van der Waals surface area contributed by atoms with Gasteiger partial charge in [-0.1, -0.05) is 77.8 Å². The van der Waals surface area contributed by atoms with Gasteiger partial charge in [0, 0.05) is 28.3 Å². The number of nitrogens with one attached hydrogen (secondary N) is 1. The number of nitrogens with zero attached hydrogens (tertiary/aromatic N) is 2. The summed E-state index contributed by atoms with van der Waals surface area (Å²) in [7, 11) is 5.14. The Morgan fingerprint density at radius 2 is 1.64 bits per heavy atom. The third-order valence-corrected chi connectivity index (χ3v) is 9.83. The van der Waals surface area contributed by atoms with E-state index in [-0.39, 0.29) is 34.5 Å². The van der Waals surface area contributed by atoms with Gasteiger partial charge >= 0.3 is 5.97 Å². The molecule has 50 heavy (non-hydrogen) atoms. The summed E-state index contributed by atoms with van der Waals surface area (Å²) in [5.41, 5.74) is 3.09. The molecule has 2 N–H and O–H groups in total. The SMILES string of the molecule is COc1ccc([C@H](Cc2c(Cl)c[n+](O)cc2Cl)c2cc(CNC(C(=O)OCC3CCN(C)CC3)c3ccccc3)ccc2C(=O)[O-])cc1OC. The van der Waals surface area contributed by atoms with Gasteiger partial charge in [0.1, 0.15) is 16.1 Å². The number of rotatable bonds is 14. The molecular formula is C38H41Cl2N3O7. The standard InChI is InChI=1S/C38H41Cl2N3O7/c1-42-15-13-24(14-16-42)23-50-38(46)36(26-7-5-4-6-8-26)41-20-25-9-11-28(37(44)45)30(17-25)29(19-31-32(39)21-43(47)22-33(31)40)27-10-12-34(48-2)35(18-27)49-3/h4-12,17-18,21-22,24,29,36,41H,13-16,19-20,23H2,1-3H3,(H-,44,45,47)/t29-,36?/m0/s1. The summed E-state index contributed by atoms with van der Waals surface area (Å²) in [6.45, 7) is 2.53. The zero-order valence-electron chi connectivity index (χ0n) is 28.2. The Kier molecular flexibility index (Phi) is 12.6. The molecule has 10 nitrogen and oxygen atoms in total. The second-order valence-corrected chi connectivity index (χ2v) is 13.3. The summed E-state index contributed by atoms with van der Waals surface area (Å²) < 4.78 is 17.6. The molecule has 0 aliphatic carbocycles. The van der Waals surface area contributed by atoms with Crippen LogP contribution in [-0.2, 0) is 22.5 Å². The first-order chi connectivity index (χ1) is 24.1. The van der Waals surface area contributed by atoms with Crippen molar-refractivity contribution in [3.05, 3.63) is 123 Å². The summed E-state index contributed by atoms with van der Waals surface area (Å²) in [4.78, 5) is 28.4. The molecule has 264 valence electrons. The number of carbonyl (C=O) groups is 2. The van der Waals surface area contributed by atoms with Crippen molar-refractivity contribution >= 4 is 35.1 Å². The molecule has 5 rings (SSSR count). The lowest BCUT2D eigenvalue weighted by atomic mass is 9.82. The van der Waals surface area contributed by atoms with Crippen molar-refractivity contribution < 1.29 is 38.8 Å². The van der Waals surface area contributed by atoms with E-state index in [0.29, 0.717) is 40.7 Å². The van der Waals surface area contributed by atoms with E-state index < -0.39 is 17.9 Å². The smallest absolute Gasteiger partial charge is 0.327 e. The van der Waals surface area contributed by atoms with E-state index in [0.717, 1.165) is 41.8 Å². The number of esters is 1. The Balaban J connectivity index is 1.49. The van der Waals surface area contributed by atoms with E-state index >= 15 is 0 Å². The maximum absolute atomic E-state index is 13.5. The molecule has 12 heteroatoms. The predicted molar refractivity (Wildman–Crippen MR) is 187 cm³/mol. The van der Waals surface area contributed by atoms with Gasteiger partial charge in [0.15, 0.2) is 11.5 Å². The number of halogens is 2. The van der Waals surface area contributed by atoms with Crippen molar-refractivity contribution in [2.24, 2.45) is 5.92 Å². The fourth-order valence-electron chi connectivity index (χ4n) is 6.33. The molecule has 0 spiro atoms. The van der Waals surface area contributed by atoms with Crippen molar-refractivity contribution in [2.45, 2.75) is 37.8 Å². The largest absolute Gasteiger partial charge is 0.545 e. The number of hydrogen-bond donors (Lipinski definition) is 2. The van der Waals surface area contributed by atoms with Gasteiger partial charge in [-0.15, -0.1) is 0 Å². The molecule has 0 amide bonds. The van der Waals surface area contributed by atoms with E-state index in [1.54, 1.807) is 24.3 Å². The summed E-state index contributed by atoms with van der Waals surface area (Å²) in [5, 5.41) is 26.3. The quantitative estimate of drug-likeness (QED) is 0.105. The Hall–Kier alpha value is -4.35. The molecule has 0 radical (unpaired) electrons. The lowest BCUT2D eigenvalue weighted by Crippen LogP contribution is -2.34.